The normalized spacial score (nSPS) is 28.9. The number of hydrogen-bond donors (Lipinski definition) is 3. The van der Waals surface area contributed by atoms with Gasteiger partial charge in [0, 0.05) is 56.1 Å². The van der Waals surface area contributed by atoms with Crippen LogP contribution in [0.4, 0.5) is 24.7 Å². The fourth-order valence-electron chi connectivity index (χ4n) is 8.90. The van der Waals surface area contributed by atoms with Crippen LogP contribution in [-0.2, 0) is 35.5 Å². The summed E-state index contributed by atoms with van der Waals surface area (Å²) < 4.78 is 47.6. The molecule has 13 nitrogen and oxygen atoms in total. The van der Waals surface area contributed by atoms with Gasteiger partial charge in [-0.1, -0.05) is 0 Å². The molecular formula is C40H51F3N8O5S. The number of hydrogen-bond acceptors (Lipinski definition) is 11. The SMILES string of the molecule is C[C@@H]1CN(CCOC2CCC(N3C(S)N(c4ccc(C#N)c(C(F)(F)F)c4)C(=O)C3(C)C)CC2)C[C@H](C)N1CC(=O)Nc1cc(C2(C)CCC(=O)NC2=O)ccn1. The molecule has 17 heteroatoms. The van der Waals surface area contributed by atoms with E-state index in [0.29, 0.717) is 24.4 Å². The molecule has 2 N–H and O–H groups in total. The van der Waals surface area contributed by atoms with E-state index in [-0.39, 0.29) is 66.5 Å². The number of amides is 4. The largest absolute Gasteiger partial charge is 0.417 e. The maximum atomic E-state index is 13.7. The van der Waals surface area contributed by atoms with Gasteiger partial charge in [0.2, 0.25) is 23.6 Å². The van der Waals surface area contributed by atoms with Gasteiger partial charge in [-0.05, 0) is 103 Å². The van der Waals surface area contributed by atoms with Crippen molar-refractivity contribution in [2.45, 2.75) is 120 Å². The Kier molecular flexibility index (Phi) is 12.4. The van der Waals surface area contributed by atoms with E-state index in [9.17, 15) is 37.6 Å². The number of piperazine rings is 1. The molecule has 0 bridgehead atoms. The second-order valence-corrected chi connectivity index (χ2v) is 16.9. The summed E-state index contributed by atoms with van der Waals surface area (Å²) in [6, 6.07) is 8.50. The number of aromatic nitrogens is 1. The molecule has 4 amide bonds. The summed E-state index contributed by atoms with van der Waals surface area (Å²) in [6.45, 7) is 12.5. The van der Waals surface area contributed by atoms with Crippen molar-refractivity contribution < 1.29 is 37.1 Å². The Morgan fingerprint density at radius 2 is 1.75 bits per heavy atom. The molecule has 3 aliphatic heterocycles. The van der Waals surface area contributed by atoms with E-state index < -0.39 is 33.8 Å². The van der Waals surface area contributed by atoms with Gasteiger partial charge in [0.05, 0.1) is 47.4 Å². The summed E-state index contributed by atoms with van der Waals surface area (Å²) in [5.74, 6) is -0.862. The molecular weight excluding hydrogens is 762 g/mol. The van der Waals surface area contributed by atoms with Crippen molar-refractivity contribution >= 4 is 47.8 Å². The number of rotatable bonds is 10. The fraction of sp³-hybridized carbons (Fsp3) is 0.600. The van der Waals surface area contributed by atoms with Gasteiger partial charge >= 0.3 is 6.18 Å². The van der Waals surface area contributed by atoms with Gasteiger partial charge in [-0.15, -0.1) is 12.6 Å². The van der Waals surface area contributed by atoms with Crippen LogP contribution in [0, 0.1) is 11.3 Å². The molecule has 4 atom stereocenters. The maximum Gasteiger partial charge on any atom is 0.417 e. The number of imide groups is 1. The Balaban J connectivity index is 0.958. The van der Waals surface area contributed by atoms with E-state index in [2.05, 4.69) is 39.3 Å². The third-order valence-electron chi connectivity index (χ3n) is 12.1. The van der Waals surface area contributed by atoms with E-state index in [1.165, 1.54) is 11.0 Å². The Morgan fingerprint density at radius 3 is 2.39 bits per heavy atom. The average Bonchev–Trinajstić information content (AvgIpc) is 3.33. The van der Waals surface area contributed by atoms with Gasteiger partial charge in [-0.2, -0.15) is 18.4 Å². The zero-order valence-corrected chi connectivity index (χ0v) is 33.8. The number of thiol groups is 1. The number of alkyl halides is 3. The number of anilines is 2. The third-order valence-corrected chi connectivity index (χ3v) is 12.6. The maximum absolute atomic E-state index is 13.7. The van der Waals surface area contributed by atoms with E-state index in [4.69, 9.17) is 17.4 Å². The molecule has 57 heavy (non-hydrogen) atoms. The molecule has 308 valence electrons. The molecule has 1 aromatic heterocycles. The zero-order valence-electron chi connectivity index (χ0n) is 32.9. The lowest BCUT2D eigenvalue weighted by molar-refractivity contribution is -0.138. The standard InChI is InChI=1S/C40H51F3N8O5S/c1-24-21-48(22-25(2)49(24)23-34(53)46-32-18-27(13-15-45-32)39(5)14-12-33(52)47-35(39)54)16-17-56-30-10-8-28(9-11-30)51-37(57)50(36(55)38(51,3)4)29-7-6-26(20-44)31(19-29)40(41,42)43/h6-7,13,15,18-19,24-25,28,30,37,57H,8-12,14,16-17,21-23H2,1-5H3,(H,45,46,53)(H,47,52,54)/t24-,25+,28?,30?,37?,39?. The van der Waals surface area contributed by atoms with Gasteiger partial charge < -0.3 is 10.1 Å². The first kappa shape index (κ1) is 42.5. The van der Waals surface area contributed by atoms with Crippen molar-refractivity contribution in [2.75, 3.05) is 43.0 Å². The van der Waals surface area contributed by atoms with Crippen molar-refractivity contribution in [1.29, 1.82) is 5.26 Å². The zero-order chi connectivity index (χ0) is 41.4. The number of nitrogens with zero attached hydrogens (tertiary/aromatic N) is 6. The first-order valence-corrected chi connectivity index (χ1v) is 20.0. The molecule has 2 aromatic rings. The van der Waals surface area contributed by atoms with E-state index >= 15 is 0 Å². The summed E-state index contributed by atoms with van der Waals surface area (Å²) >= 11 is 4.76. The molecule has 1 saturated carbocycles. The number of nitriles is 1. The summed E-state index contributed by atoms with van der Waals surface area (Å²) in [5.41, 5.74) is -3.54. The summed E-state index contributed by atoms with van der Waals surface area (Å²) in [6.07, 6.45) is 0.460. The average molecular weight is 813 g/mol. The van der Waals surface area contributed by atoms with Gasteiger partial charge in [0.25, 0.3) is 0 Å². The van der Waals surface area contributed by atoms with Crippen molar-refractivity contribution in [3.05, 3.63) is 53.2 Å². The molecule has 1 aromatic carbocycles. The second-order valence-electron chi connectivity index (χ2n) is 16.4. The number of carbonyl (C=O) groups excluding carboxylic acids is 4. The Hall–Kier alpha value is -4.08. The first-order valence-electron chi connectivity index (χ1n) is 19.5. The van der Waals surface area contributed by atoms with Crippen LogP contribution in [0.3, 0.4) is 0 Å². The lowest BCUT2D eigenvalue weighted by Gasteiger charge is -2.44. The number of nitrogens with one attached hydrogen (secondary N) is 2. The Bertz CT molecular complexity index is 1910. The van der Waals surface area contributed by atoms with Crippen LogP contribution < -0.4 is 15.5 Å². The number of piperidine rings is 1. The molecule has 4 heterocycles. The summed E-state index contributed by atoms with van der Waals surface area (Å²) in [5, 5.41) is 14.5. The van der Waals surface area contributed by atoms with Gasteiger partial charge in [-0.3, -0.25) is 44.1 Å². The smallest absolute Gasteiger partial charge is 0.377 e. The van der Waals surface area contributed by atoms with Gasteiger partial charge in [0.15, 0.2) is 0 Å². The number of halogens is 3. The highest BCUT2D eigenvalue weighted by Crippen LogP contribution is 2.43. The van der Waals surface area contributed by atoms with E-state index in [1.54, 1.807) is 45.2 Å². The Morgan fingerprint density at radius 1 is 1.07 bits per heavy atom. The molecule has 0 radical (unpaired) electrons. The van der Waals surface area contributed by atoms with Crippen LogP contribution >= 0.6 is 12.6 Å². The summed E-state index contributed by atoms with van der Waals surface area (Å²) in [7, 11) is 0. The fourth-order valence-corrected chi connectivity index (χ4v) is 9.62. The summed E-state index contributed by atoms with van der Waals surface area (Å²) in [4.78, 5) is 63.2. The van der Waals surface area contributed by atoms with Crippen molar-refractivity contribution in [2.24, 2.45) is 0 Å². The van der Waals surface area contributed by atoms with E-state index in [1.807, 2.05) is 4.90 Å². The lowest BCUT2D eigenvalue weighted by atomic mass is 9.76. The minimum Gasteiger partial charge on any atom is -0.377 e. The van der Waals surface area contributed by atoms with Gasteiger partial charge in [-0.25, -0.2) is 4.98 Å². The topological polar surface area (TPSA) is 151 Å². The number of pyridine rings is 1. The van der Waals surface area contributed by atoms with Crippen LogP contribution in [0.2, 0.25) is 0 Å². The highest BCUT2D eigenvalue weighted by molar-refractivity contribution is 7.81. The quantitative estimate of drug-likeness (QED) is 0.228. The van der Waals surface area contributed by atoms with Crippen LogP contribution in [0.25, 0.3) is 0 Å². The monoisotopic (exact) mass is 812 g/mol. The van der Waals surface area contributed by atoms with Crippen LogP contribution in [0.1, 0.15) is 89.8 Å². The molecule has 0 spiro atoms. The molecule has 2 unspecified atom stereocenters. The Labute approximate surface area is 336 Å². The van der Waals surface area contributed by atoms with Gasteiger partial charge in [0.1, 0.15) is 11.3 Å². The lowest BCUT2D eigenvalue weighted by Crippen LogP contribution is -2.58. The molecule has 4 fully saturated rings. The van der Waals surface area contributed by atoms with Crippen molar-refractivity contribution in [1.82, 2.24) is 25.0 Å². The van der Waals surface area contributed by atoms with Crippen molar-refractivity contribution in [3.8, 4) is 6.07 Å². The number of carbonyl (C=O) groups is 4. The number of ether oxygens (including phenoxy) is 1. The molecule has 3 saturated heterocycles. The first-order chi connectivity index (χ1) is 26.8. The molecule has 6 rings (SSSR count). The molecule has 1 aliphatic carbocycles. The second kappa shape index (κ2) is 16.6. The van der Waals surface area contributed by atoms with Crippen LogP contribution in [-0.4, -0.2) is 111 Å². The highest BCUT2D eigenvalue weighted by Gasteiger charge is 2.54. The van der Waals surface area contributed by atoms with Crippen LogP contribution in [0.15, 0.2) is 36.5 Å². The van der Waals surface area contributed by atoms with E-state index in [0.717, 1.165) is 57.5 Å². The number of benzene rings is 1. The third kappa shape index (κ3) is 8.85. The predicted octanol–water partition coefficient (Wildman–Crippen LogP) is 4.67. The van der Waals surface area contributed by atoms with Crippen LogP contribution in [0.5, 0.6) is 0 Å². The highest BCUT2D eigenvalue weighted by atomic mass is 32.1. The minimum absolute atomic E-state index is 0.0305. The minimum atomic E-state index is -4.75. The molecule has 4 aliphatic rings. The predicted molar refractivity (Wildman–Crippen MR) is 209 cm³/mol. The van der Waals surface area contributed by atoms with Crippen molar-refractivity contribution in [3.63, 3.8) is 0 Å².